The monoisotopic (exact) mass is 402 g/mol. The summed E-state index contributed by atoms with van der Waals surface area (Å²) < 4.78 is 44.8. The Morgan fingerprint density at radius 3 is 2.45 bits per heavy atom. The van der Waals surface area contributed by atoms with Crippen LogP contribution in [0.3, 0.4) is 0 Å². The summed E-state index contributed by atoms with van der Waals surface area (Å²) in [4.78, 5) is 23.0. The fraction of sp³-hybridized carbons (Fsp3) is 0.167. The molecule has 11 heteroatoms. The summed E-state index contributed by atoms with van der Waals surface area (Å²) in [6, 6.07) is 10.6. The van der Waals surface area contributed by atoms with E-state index in [1.165, 1.54) is 0 Å². The molecular formula is C18H13F3N6O2. The van der Waals surface area contributed by atoms with E-state index in [0.29, 0.717) is 18.0 Å². The number of nitrogens with one attached hydrogen (secondary N) is 1. The van der Waals surface area contributed by atoms with E-state index in [4.69, 9.17) is 4.74 Å². The number of fused-ring (bicyclic) bond motifs is 1. The fourth-order valence-electron chi connectivity index (χ4n) is 2.56. The number of anilines is 1. The Bertz CT molecular complexity index is 1060. The number of nitrogens with zero attached hydrogens (tertiary/aromatic N) is 5. The Balaban J connectivity index is 1.41. The minimum atomic E-state index is -4.68. The van der Waals surface area contributed by atoms with Crippen molar-refractivity contribution in [2.75, 3.05) is 5.32 Å². The van der Waals surface area contributed by atoms with Crippen molar-refractivity contribution < 1.29 is 22.7 Å². The van der Waals surface area contributed by atoms with Gasteiger partial charge in [0, 0.05) is 18.9 Å². The van der Waals surface area contributed by atoms with Gasteiger partial charge in [-0.2, -0.15) is 22.8 Å². The van der Waals surface area contributed by atoms with Gasteiger partial charge in [-0.05, 0) is 29.8 Å². The fourth-order valence-corrected chi connectivity index (χ4v) is 2.56. The third-order valence-electron chi connectivity index (χ3n) is 3.97. The summed E-state index contributed by atoms with van der Waals surface area (Å²) in [6.45, 7) is 0.295. The maximum Gasteiger partial charge on any atom is 0.430 e. The van der Waals surface area contributed by atoms with E-state index < -0.39 is 30.2 Å². The number of ether oxygens (including phenoxy) is 1. The van der Waals surface area contributed by atoms with Gasteiger partial charge in [-0.15, -0.1) is 5.10 Å². The van der Waals surface area contributed by atoms with Crippen LogP contribution in [-0.2, 0) is 6.54 Å². The molecule has 3 heterocycles. The molecule has 1 aliphatic heterocycles. The average Bonchev–Trinajstić information content (AvgIpc) is 3.11. The predicted molar refractivity (Wildman–Crippen MR) is 96.5 cm³/mol. The zero-order chi connectivity index (χ0) is 20.4. The van der Waals surface area contributed by atoms with Crippen LogP contribution in [0, 0.1) is 0 Å². The first-order chi connectivity index (χ1) is 13.9. The SMILES string of the molecule is O=C1CC(C(F)(F)F)=Nc2nc(NCc3ccc(Oc4ccncc4)cc3)nn21. The third kappa shape index (κ3) is 4.23. The van der Waals surface area contributed by atoms with Crippen LogP contribution in [0.15, 0.2) is 53.8 Å². The van der Waals surface area contributed by atoms with Gasteiger partial charge in [0.1, 0.15) is 17.2 Å². The lowest BCUT2D eigenvalue weighted by Gasteiger charge is -2.13. The van der Waals surface area contributed by atoms with Crippen molar-refractivity contribution in [2.45, 2.75) is 19.1 Å². The Labute approximate surface area is 162 Å². The van der Waals surface area contributed by atoms with Crippen molar-refractivity contribution in [3.8, 4) is 11.5 Å². The molecule has 29 heavy (non-hydrogen) atoms. The number of pyridine rings is 1. The first-order valence-corrected chi connectivity index (χ1v) is 8.44. The second-order valence-electron chi connectivity index (χ2n) is 6.06. The van der Waals surface area contributed by atoms with Crippen LogP contribution < -0.4 is 10.1 Å². The number of aromatic nitrogens is 4. The summed E-state index contributed by atoms with van der Waals surface area (Å²) in [6.07, 6.45) is -2.30. The highest BCUT2D eigenvalue weighted by Gasteiger charge is 2.40. The predicted octanol–water partition coefficient (Wildman–Crippen LogP) is 3.76. The average molecular weight is 402 g/mol. The lowest BCUT2D eigenvalue weighted by molar-refractivity contribution is -0.0605. The molecule has 1 N–H and O–H groups in total. The Hall–Kier alpha value is -3.76. The minimum Gasteiger partial charge on any atom is -0.457 e. The van der Waals surface area contributed by atoms with Crippen LogP contribution in [0.25, 0.3) is 0 Å². The molecule has 0 fully saturated rings. The smallest absolute Gasteiger partial charge is 0.430 e. The van der Waals surface area contributed by atoms with Gasteiger partial charge in [-0.3, -0.25) is 9.78 Å². The molecule has 148 valence electrons. The third-order valence-corrected chi connectivity index (χ3v) is 3.97. The number of carbonyl (C=O) groups excluding carboxylic acids is 1. The van der Waals surface area contributed by atoms with E-state index in [0.717, 1.165) is 10.2 Å². The van der Waals surface area contributed by atoms with Crippen LogP contribution in [0.4, 0.5) is 25.1 Å². The summed E-state index contributed by atoms with van der Waals surface area (Å²) in [7, 11) is 0. The van der Waals surface area contributed by atoms with Crippen molar-refractivity contribution in [3.05, 3.63) is 54.4 Å². The Morgan fingerprint density at radius 2 is 1.76 bits per heavy atom. The summed E-state index contributed by atoms with van der Waals surface area (Å²) in [5, 5.41) is 6.74. The van der Waals surface area contributed by atoms with Gasteiger partial charge in [-0.25, -0.2) is 4.99 Å². The molecule has 4 rings (SSSR count). The highest BCUT2D eigenvalue weighted by molar-refractivity contribution is 6.08. The maximum atomic E-state index is 12.8. The van der Waals surface area contributed by atoms with Crippen molar-refractivity contribution in [1.29, 1.82) is 0 Å². The van der Waals surface area contributed by atoms with Gasteiger partial charge < -0.3 is 10.1 Å². The maximum absolute atomic E-state index is 12.8. The van der Waals surface area contributed by atoms with Gasteiger partial charge in [-0.1, -0.05) is 12.1 Å². The van der Waals surface area contributed by atoms with E-state index >= 15 is 0 Å². The van der Waals surface area contributed by atoms with Crippen LogP contribution in [0.5, 0.6) is 11.5 Å². The van der Waals surface area contributed by atoms with E-state index in [9.17, 15) is 18.0 Å². The normalized spacial score (nSPS) is 13.6. The second-order valence-corrected chi connectivity index (χ2v) is 6.06. The lowest BCUT2D eigenvalue weighted by Crippen LogP contribution is -2.31. The van der Waals surface area contributed by atoms with Crippen molar-refractivity contribution in [3.63, 3.8) is 0 Å². The van der Waals surface area contributed by atoms with Gasteiger partial charge in [0.15, 0.2) is 0 Å². The van der Waals surface area contributed by atoms with Gasteiger partial charge in [0.05, 0.1) is 6.42 Å². The zero-order valence-corrected chi connectivity index (χ0v) is 14.7. The number of halogens is 3. The van der Waals surface area contributed by atoms with Crippen LogP contribution in [0.2, 0.25) is 0 Å². The van der Waals surface area contributed by atoms with E-state index in [-0.39, 0.29) is 5.95 Å². The van der Waals surface area contributed by atoms with Crippen molar-refractivity contribution in [2.24, 2.45) is 4.99 Å². The number of rotatable bonds is 5. The van der Waals surface area contributed by atoms with Gasteiger partial charge >= 0.3 is 6.18 Å². The van der Waals surface area contributed by atoms with E-state index in [1.54, 1.807) is 36.7 Å². The van der Waals surface area contributed by atoms with E-state index in [2.05, 4.69) is 25.4 Å². The summed E-state index contributed by atoms with van der Waals surface area (Å²) >= 11 is 0. The highest BCUT2D eigenvalue weighted by atomic mass is 19.4. The topological polar surface area (TPSA) is 94.3 Å². The molecule has 0 aliphatic carbocycles. The minimum absolute atomic E-state index is 0.0117. The molecule has 0 radical (unpaired) electrons. The molecule has 2 aromatic heterocycles. The number of carbonyl (C=O) groups is 1. The summed E-state index contributed by atoms with van der Waals surface area (Å²) in [5.41, 5.74) is -0.329. The molecular weight excluding hydrogens is 389 g/mol. The van der Waals surface area contributed by atoms with Crippen molar-refractivity contribution in [1.82, 2.24) is 19.7 Å². The summed E-state index contributed by atoms with van der Waals surface area (Å²) in [5.74, 6) is 0.0764. The highest BCUT2D eigenvalue weighted by Crippen LogP contribution is 2.27. The zero-order valence-electron chi connectivity index (χ0n) is 14.7. The molecule has 8 nitrogen and oxygen atoms in total. The molecule has 1 aromatic carbocycles. The first kappa shape index (κ1) is 18.6. The molecule has 0 saturated carbocycles. The molecule has 0 unspecified atom stereocenters. The van der Waals surface area contributed by atoms with Crippen LogP contribution >= 0.6 is 0 Å². The molecule has 0 spiro atoms. The molecule has 0 amide bonds. The van der Waals surface area contributed by atoms with Crippen LogP contribution in [-0.4, -0.2) is 37.5 Å². The molecule has 1 aliphatic rings. The number of aliphatic imine (C=N–C) groups is 1. The quantitative estimate of drug-likeness (QED) is 0.699. The largest absolute Gasteiger partial charge is 0.457 e. The van der Waals surface area contributed by atoms with Gasteiger partial charge in [0.25, 0.3) is 11.9 Å². The van der Waals surface area contributed by atoms with Crippen molar-refractivity contribution >= 4 is 23.5 Å². The Morgan fingerprint density at radius 1 is 1.07 bits per heavy atom. The second kappa shape index (κ2) is 7.34. The molecule has 3 aromatic rings. The molecule has 0 saturated heterocycles. The number of alkyl halides is 3. The van der Waals surface area contributed by atoms with Crippen LogP contribution in [0.1, 0.15) is 16.8 Å². The molecule has 0 atom stereocenters. The lowest BCUT2D eigenvalue weighted by atomic mass is 10.2. The number of hydrogen-bond acceptors (Lipinski definition) is 7. The first-order valence-electron chi connectivity index (χ1n) is 8.44. The molecule has 0 bridgehead atoms. The van der Waals surface area contributed by atoms with E-state index in [1.807, 2.05) is 12.1 Å². The van der Waals surface area contributed by atoms with Gasteiger partial charge in [0.2, 0.25) is 5.95 Å². The Kier molecular flexibility index (Phi) is 4.71. The number of benzene rings is 1. The standard InChI is InChI=1S/C18H13F3N6O2/c19-18(20,21)14-9-15(28)27-17(24-14)25-16(26-27)23-10-11-1-3-12(4-2-11)29-13-5-7-22-8-6-13/h1-8H,9-10H2,(H,23,26). The number of hydrogen-bond donors (Lipinski definition) is 1.